The van der Waals surface area contributed by atoms with Gasteiger partial charge in [0.05, 0.1) is 5.69 Å². The van der Waals surface area contributed by atoms with E-state index in [2.05, 4.69) is 0 Å². The Balaban J connectivity index is 2.64. The zero-order valence-corrected chi connectivity index (χ0v) is 9.89. The maximum atomic E-state index is 12.5. The van der Waals surface area contributed by atoms with Crippen LogP contribution in [0.3, 0.4) is 0 Å². The van der Waals surface area contributed by atoms with Crippen LogP contribution in [0.4, 0.5) is 10.1 Å². The molecule has 0 aliphatic rings. The monoisotopic (exact) mass is 245 g/mol. The molecule has 2 aromatic carbocycles. The number of benzene rings is 2. The molecule has 2 aromatic rings. The van der Waals surface area contributed by atoms with Crippen LogP contribution in [0.25, 0.3) is 10.8 Å². The number of anilines is 1. The van der Waals surface area contributed by atoms with Crippen molar-refractivity contribution < 1.29 is 14.0 Å². The van der Waals surface area contributed by atoms with Crippen LogP contribution < -0.4 is 4.90 Å². The van der Waals surface area contributed by atoms with E-state index in [1.165, 1.54) is 6.92 Å². The van der Waals surface area contributed by atoms with E-state index < -0.39 is 18.5 Å². The van der Waals surface area contributed by atoms with Crippen molar-refractivity contribution in [2.75, 3.05) is 11.6 Å². The highest BCUT2D eigenvalue weighted by Crippen LogP contribution is 2.27. The zero-order chi connectivity index (χ0) is 13.1. The zero-order valence-electron chi connectivity index (χ0n) is 9.89. The van der Waals surface area contributed by atoms with Crippen molar-refractivity contribution >= 4 is 28.3 Å². The lowest BCUT2D eigenvalue weighted by atomic mass is 10.1. The van der Waals surface area contributed by atoms with Crippen LogP contribution in [0.15, 0.2) is 42.5 Å². The highest BCUT2D eigenvalue weighted by atomic mass is 19.1. The number of carbonyl (C=O) groups excluding carboxylic acids is 2. The van der Waals surface area contributed by atoms with Gasteiger partial charge < -0.3 is 0 Å². The number of alkyl halides is 1. The van der Waals surface area contributed by atoms with Gasteiger partial charge in [0.1, 0.15) is 0 Å². The average Bonchev–Trinajstić information content (AvgIpc) is 2.38. The predicted molar refractivity (Wildman–Crippen MR) is 68.1 cm³/mol. The normalized spacial score (nSPS) is 10.3. The standard InChI is InChI=1S/C14H12FNO2/c1-10(17)16(14(18)9-15)13-8-4-6-11-5-2-3-7-12(11)13/h2-8H,9H2,1H3. The van der Waals surface area contributed by atoms with Gasteiger partial charge in [-0.1, -0.05) is 36.4 Å². The number of hydrogen-bond donors (Lipinski definition) is 0. The minimum absolute atomic E-state index is 0.420. The molecule has 0 aromatic heterocycles. The third-order valence-electron chi connectivity index (χ3n) is 2.69. The first-order valence-electron chi connectivity index (χ1n) is 5.52. The van der Waals surface area contributed by atoms with Gasteiger partial charge >= 0.3 is 0 Å². The van der Waals surface area contributed by atoms with Crippen LogP contribution in [0, 0.1) is 0 Å². The molecule has 0 fully saturated rings. The maximum Gasteiger partial charge on any atom is 0.265 e. The minimum atomic E-state index is -1.19. The summed E-state index contributed by atoms with van der Waals surface area (Å²) in [4.78, 5) is 23.9. The number of amides is 2. The van der Waals surface area contributed by atoms with E-state index in [-0.39, 0.29) is 0 Å². The maximum absolute atomic E-state index is 12.5. The molecule has 0 radical (unpaired) electrons. The van der Waals surface area contributed by atoms with Gasteiger partial charge in [-0.15, -0.1) is 0 Å². The van der Waals surface area contributed by atoms with E-state index in [9.17, 15) is 14.0 Å². The van der Waals surface area contributed by atoms with Gasteiger partial charge in [-0.25, -0.2) is 9.29 Å². The molecule has 2 rings (SSSR count). The summed E-state index contributed by atoms with van der Waals surface area (Å²) in [5.74, 6) is -1.34. The number of nitrogens with zero attached hydrogens (tertiary/aromatic N) is 1. The Morgan fingerprint density at radius 1 is 1.11 bits per heavy atom. The largest absolute Gasteiger partial charge is 0.274 e. The summed E-state index contributed by atoms with van der Waals surface area (Å²) < 4.78 is 12.5. The van der Waals surface area contributed by atoms with Gasteiger partial charge in [-0.05, 0) is 11.5 Å². The fourth-order valence-electron chi connectivity index (χ4n) is 1.94. The number of rotatable bonds is 2. The molecular formula is C14H12FNO2. The van der Waals surface area contributed by atoms with Gasteiger partial charge in [0.25, 0.3) is 5.91 Å². The Labute approximate surface area is 104 Å². The molecule has 0 aliphatic heterocycles. The van der Waals surface area contributed by atoms with E-state index in [1.54, 1.807) is 18.2 Å². The van der Waals surface area contributed by atoms with E-state index >= 15 is 0 Å². The highest BCUT2D eigenvalue weighted by Gasteiger charge is 2.21. The summed E-state index contributed by atoms with van der Waals surface area (Å²) in [6.07, 6.45) is 0. The Hall–Kier alpha value is -2.23. The summed E-state index contributed by atoms with van der Waals surface area (Å²) in [6, 6.07) is 12.6. The lowest BCUT2D eigenvalue weighted by Gasteiger charge is -2.19. The van der Waals surface area contributed by atoms with Crippen molar-refractivity contribution in [3.63, 3.8) is 0 Å². The SMILES string of the molecule is CC(=O)N(C(=O)CF)c1cccc2ccccc12. The first-order valence-corrected chi connectivity index (χ1v) is 5.52. The summed E-state index contributed by atoms with van der Waals surface area (Å²) >= 11 is 0. The van der Waals surface area contributed by atoms with Gasteiger partial charge in [0, 0.05) is 12.3 Å². The van der Waals surface area contributed by atoms with Crippen LogP contribution >= 0.6 is 0 Å². The smallest absolute Gasteiger partial charge is 0.265 e. The molecule has 92 valence electrons. The third-order valence-corrected chi connectivity index (χ3v) is 2.69. The van der Waals surface area contributed by atoms with E-state index in [0.29, 0.717) is 5.69 Å². The van der Waals surface area contributed by atoms with Crippen LogP contribution in [-0.4, -0.2) is 18.5 Å². The molecule has 3 nitrogen and oxygen atoms in total. The summed E-state index contributed by atoms with van der Waals surface area (Å²) in [6.45, 7) is 0.0537. The number of hydrogen-bond acceptors (Lipinski definition) is 2. The van der Waals surface area contributed by atoms with Crippen LogP contribution in [-0.2, 0) is 9.59 Å². The van der Waals surface area contributed by atoms with Crippen molar-refractivity contribution in [2.24, 2.45) is 0 Å². The number of imide groups is 1. The van der Waals surface area contributed by atoms with Gasteiger partial charge in [0.2, 0.25) is 5.91 Å². The van der Waals surface area contributed by atoms with Crippen LogP contribution in [0.2, 0.25) is 0 Å². The molecule has 0 N–H and O–H groups in total. The molecular weight excluding hydrogens is 233 g/mol. The number of fused-ring (bicyclic) bond motifs is 1. The molecule has 0 aliphatic carbocycles. The minimum Gasteiger partial charge on any atom is -0.274 e. The second-order valence-electron chi connectivity index (χ2n) is 3.88. The topological polar surface area (TPSA) is 37.4 Å². The van der Waals surface area contributed by atoms with E-state index in [4.69, 9.17) is 0 Å². The Morgan fingerprint density at radius 2 is 1.78 bits per heavy atom. The first-order chi connectivity index (χ1) is 8.65. The molecule has 0 saturated heterocycles. The summed E-state index contributed by atoms with van der Waals surface area (Å²) in [5.41, 5.74) is 0.420. The molecule has 0 heterocycles. The Bertz CT molecular complexity index is 604. The molecule has 18 heavy (non-hydrogen) atoms. The van der Waals surface area contributed by atoms with Gasteiger partial charge in [-0.3, -0.25) is 9.59 Å². The van der Waals surface area contributed by atoms with Gasteiger partial charge in [-0.2, -0.15) is 0 Å². The highest BCUT2D eigenvalue weighted by molar-refractivity contribution is 6.18. The molecule has 0 unspecified atom stereocenters. The average molecular weight is 245 g/mol. The lowest BCUT2D eigenvalue weighted by Crippen LogP contribution is -2.36. The summed E-state index contributed by atoms with van der Waals surface area (Å²) in [7, 11) is 0. The Morgan fingerprint density at radius 3 is 2.44 bits per heavy atom. The van der Waals surface area contributed by atoms with Crippen molar-refractivity contribution in [3.8, 4) is 0 Å². The third kappa shape index (κ3) is 2.09. The van der Waals surface area contributed by atoms with Crippen molar-refractivity contribution in [3.05, 3.63) is 42.5 Å². The number of carbonyl (C=O) groups is 2. The van der Waals surface area contributed by atoms with E-state index in [0.717, 1.165) is 15.7 Å². The van der Waals surface area contributed by atoms with E-state index in [1.807, 2.05) is 24.3 Å². The lowest BCUT2D eigenvalue weighted by molar-refractivity contribution is -0.125. The van der Waals surface area contributed by atoms with Crippen molar-refractivity contribution in [2.45, 2.75) is 6.92 Å². The van der Waals surface area contributed by atoms with Crippen molar-refractivity contribution in [1.82, 2.24) is 0 Å². The molecule has 0 saturated carbocycles. The predicted octanol–water partition coefficient (Wildman–Crippen LogP) is 2.69. The van der Waals surface area contributed by atoms with Crippen LogP contribution in [0.1, 0.15) is 6.92 Å². The second-order valence-corrected chi connectivity index (χ2v) is 3.88. The van der Waals surface area contributed by atoms with Gasteiger partial charge in [0.15, 0.2) is 6.67 Å². The summed E-state index contributed by atoms with van der Waals surface area (Å²) in [5, 5.41) is 1.64. The Kier molecular flexibility index (Phi) is 3.37. The molecule has 0 bridgehead atoms. The second kappa shape index (κ2) is 4.96. The molecule has 0 atom stereocenters. The molecule has 0 spiro atoms. The van der Waals surface area contributed by atoms with Crippen molar-refractivity contribution in [1.29, 1.82) is 0 Å². The molecule has 4 heteroatoms. The quantitative estimate of drug-likeness (QED) is 0.815. The fraction of sp³-hybridized carbons (Fsp3) is 0.143. The molecule has 2 amide bonds. The first kappa shape index (κ1) is 12.2. The van der Waals surface area contributed by atoms with Crippen LogP contribution in [0.5, 0.6) is 0 Å². The number of halogens is 1. The fourth-order valence-corrected chi connectivity index (χ4v) is 1.94.